The molecular weight excluding hydrogens is 282 g/mol. The molecule has 3 rings (SSSR count). The van der Waals surface area contributed by atoms with Crippen LogP contribution in [0.4, 0.5) is 0 Å². The van der Waals surface area contributed by atoms with Crippen LogP contribution in [0.5, 0.6) is 17.2 Å². The molecule has 0 aromatic heterocycles. The lowest BCUT2D eigenvalue weighted by Crippen LogP contribution is -2.29. The Bertz CT molecular complexity index is 596. The van der Waals surface area contributed by atoms with Crippen molar-refractivity contribution < 1.29 is 19.0 Å². The lowest BCUT2D eigenvalue weighted by atomic mass is 10.1. The standard InChI is InChI=1S/C17H19NO4/c19-17(13-5-1-2-6-13)18-9-3-4-10-20-14-7-8-15-16(11-14)22-12-21-15/h7-8,11,13H,1-2,5-6,9-10,12H2,(H,18,19). The Balaban J connectivity index is 1.37. The Kier molecular flexibility index (Phi) is 4.69. The molecule has 0 saturated heterocycles. The van der Waals surface area contributed by atoms with Crippen molar-refractivity contribution in [1.82, 2.24) is 5.32 Å². The molecule has 0 radical (unpaired) electrons. The zero-order valence-corrected chi connectivity index (χ0v) is 12.4. The summed E-state index contributed by atoms with van der Waals surface area (Å²) in [7, 11) is 0. The molecule has 1 aromatic rings. The van der Waals surface area contributed by atoms with Gasteiger partial charge in [-0.25, -0.2) is 0 Å². The van der Waals surface area contributed by atoms with Crippen molar-refractivity contribution in [1.29, 1.82) is 0 Å². The van der Waals surface area contributed by atoms with Gasteiger partial charge in [-0.1, -0.05) is 24.7 Å². The van der Waals surface area contributed by atoms with Crippen LogP contribution in [0.1, 0.15) is 25.7 Å². The monoisotopic (exact) mass is 301 g/mol. The molecule has 1 fully saturated rings. The summed E-state index contributed by atoms with van der Waals surface area (Å²) < 4.78 is 16.0. The van der Waals surface area contributed by atoms with Crippen LogP contribution >= 0.6 is 0 Å². The van der Waals surface area contributed by atoms with Gasteiger partial charge in [0.2, 0.25) is 12.7 Å². The quantitative estimate of drug-likeness (QED) is 0.865. The fourth-order valence-corrected chi connectivity index (χ4v) is 2.66. The molecule has 22 heavy (non-hydrogen) atoms. The average Bonchev–Trinajstić information content (AvgIpc) is 3.20. The molecule has 116 valence electrons. The molecule has 5 nitrogen and oxygen atoms in total. The van der Waals surface area contributed by atoms with Crippen LogP contribution in [0.3, 0.4) is 0 Å². The van der Waals surface area contributed by atoms with Crippen molar-refractivity contribution >= 4 is 5.91 Å². The number of carbonyl (C=O) groups excluding carboxylic acids is 1. The number of benzene rings is 1. The second-order valence-electron chi connectivity index (χ2n) is 5.36. The summed E-state index contributed by atoms with van der Waals surface area (Å²) in [5, 5.41) is 2.85. The molecule has 1 N–H and O–H groups in total. The van der Waals surface area contributed by atoms with Crippen LogP contribution in [0.25, 0.3) is 0 Å². The van der Waals surface area contributed by atoms with E-state index in [1.807, 2.05) is 12.1 Å². The molecule has 0 unspecified atom stereocenters. The Morgan fingerprint density at radius 2 is 2.05 bits per heavy atom. The van der Waals surface area contributed by atoms with E-state index < -0.39 is 0 Å². The first-order valence-electron chi connectivity index (χ1n) is 7.59. The minimum absolute atomic E-state index is 0.128. The molecule has 0 spiro atoms. The molecule has 1 aromatic carbocycles. The summed E-state index contributed by atoms with van der Waals surface area (Å²) in [5.41, 5.74) is 0. The highest BCUT2D eigenvalue weighted by Crippen LogP contribution is 2.34. The van der Waals surface area contributed by atoms with Gasteiger partial charge in [0.15, 0.2) is 11.5 Å². The van der Waals surface area contributed by atoms with Gasteiger partial charge in [0.25, 0.3) is 0 Å². The number of hydrogen-bond acceptors (Lipinski definition) is 4. The maximum atomic E-state index is 11.8. The molecule has 1 aliphatic heterocycles. The first-order chi connectivity index (χ1) is 10.8. The van der Waals surface area contributed by atoms with Gasteiger partial charge in [0, 0.05) is 12.0 Å². The number of nitrogens with one attached hydrogen (secondary N) is 1. The minimum atomic E-state index is 0.128. The molecule has 1 amide bonds. The van der Waals surface area contributed by atoms with Crippen molar-refractivity contribution in [2.75, 3.05) is 19.9 Å². The molecule has 1 saturated carbocycles. The highest BCUT2D eigenvalue weighted by molar-refractivity contribution is 5.79. The summed E-state index contributed by atoms with van der Waals surface area (Å²) in [4.78, 5) is 11.8. The fraction of sp³-hybridized carbons (Fsp3) is 0.471. The number of amides is 1. The van der Waals surface area contributed by atoms with Crippen molar-refractivity contribution in [3.05, 3.63) is 18.2 Å². The van der Waals surface area contributed by atoms with E-state index in [4.69, 9.17) is 14.2 Å². The van der Waals surface area contributed by atoms with E-state index in [0.29, 0.717) is 18.0 Å². The third kappa shape index (κ3) is 3.64. The smallest absolute Gasteiger partial charge is 0.231 e. The highest BCUT2D eigenvalue weighted by atomic mass is 16.7. The Labute approximate surface area is 129 Å². The van der Waals surface area contributed by atoms with Crippen LogP contribution < -0.4 is 19.5 Å². The van der Waals surface area contributed by atoms with Gasteiger partial charge in [-0.2, -0.15) is 0 Å². The van der Waals surface area contributed by atoms with Crippen molar-refractivity contribution in [3.8, 4) is 29.1 Å². The van der Waals surface area contributed by atoms with Crippen LogP contribution in [0.15, 0.2) is 18.2 Å². The lowest BCUT2D eigenvalue weighted by molar-refractivity contribution is -0.124. The van der Waals surface area contributed by atoms with Crippen LogP contribution in [0.2, 0.25) is 0 Å². The maximum Gasteiger partial charge on any atom is 0.231 e. The number of carbonyl (C=O) groups is 1. The van der Waals surface area contributed by atoms with E-state index in [0.717, 1.165) is 31.4 Å². The molecule has 0 bridgehead atoms. The molecular formula is C17H19NO4. The Morgan fingerprint density at radius 1 is 1.23 bits per heavy atom. The molecule has 1 heterocycles. The molecule has 5 heteroatoms. The van der Waals surface area contributed by atoms with Crippen molar-refractivity contribution in [2.24, 2.45) is 5.92 Å². The maximum absolute atomic E-state index is 11.8. The molecule has 2 aliphatic rings. The summed E-state index contributed by atoms with van der Waals surface area (Å²) in [6, 6.07) is 5.41. The topological polar surface area (TPSA) is 56.8 Å². The van der Waals surface area contributed by atoms with Gasteiger partial charge in [0.05, 0.1) is 6.54 Å². The van der Waals surface area contributed by atoms with E-state index in [1.165, 1.54) is 0 Å². The third-order valence-electron chi connectivity index (χ3n) is 3.86. The fourth-order valence-electron chi connectivity index (χ4n) is 2.66. The number of rotatable bonds is 4. The van der Waals surface area contributed by atoms with Crippen molar-refractivity contribution in [3.63, 3.8) is 0 Å². The van der Waals surface area contributed by atoms with Gasteiger partial charge in [0.1, 0.15) is 12.4 Å². The summed E-state index contributed by atoms with van der Waals surface area (Å²) in [5.74, 6) is 8.21. The molecule has 0 atom stereocenters. The zero-order valence-electron chi connectivity index (χ0n) is 12.4. The number of hydrogen-bond donors (Lipinski definition) is 1. The van der Waals surface area contributed by atoms with Crippen molar-refractivity contribution in [2.45, 2.75) is 25.7 Å². The number of ether oxygens (including phenoxy) is 3. The Morgan fingerprint density at radius 3 is 2.91 bits per heavy atom. The van der Waals surface area contributed by atoms with Gasteiger partial charge in [-0.15, -0.1) is 0 Å². The lowest BCUT2D eigenvalue weighted by Gasteiger charge is -2.07. The van der Waals surface area contributed by atoms with Crippen LogP contribution in [-0.4, -0.2) is 25.9 Å². The largest absolute Gasteiger partial charge is 0.481 e. The van der Waals surface area contributed by atoms with E-state index >= 15 is 0 Å². The van der Waals surface area contributed by atoms with Gasteiger partial charge >= 0.3 is 0 Å². The predicted octanol–water partition coefficient (Wildman–Crippen LogP) is 2.10. The number of fused-ring (bicyclic) bond motifs is 1. The molecule has 1 aliphatic carbocycles. The first kappa shape index (κ1) is 14.6. The van der Waals surface area contributed by atoms with E-state index in [2.05, 4.69) is 17.2 Å². The van der Waals surface area contributed by atoms with Gasteiger partial charge in [-0.3, -0.25) is 4.79 Å². The normalized spacial score (nSPS) is 16.0. The summed E-state index contributed by atoms with van der Waals surface area (Å²) >= 11 is 0. The second kappa shape index (κ2) is 7.08. The highest BCUT2D eigenvalue weighted by Gasteiger charge is 2.21. The Hall–Kier alpha value is -2.35. The van der Waals surface area contributed by atoms with E-state index in [-0.39, 0.29) is 25.2 Å². The summed E-state index contributed by atoms with van der Waals surface area (Å²) in [6.45, 7) is 0.901. The second-order valence-corrected chi connectivity index (χ2v) is 5.36. The van der Waals surface area contributed by atoms with Gasteiger partial charge in [-0.05, 0) is 25.0 Å². The minimum Gasteiger partial charge on any atom is -0.481 e. The summed E-state index contributed by atoms with van der Waals surface area (Å²) in [6.07, 6.45) is 4.33. The zero-order chi connectivity index (χ0) is 15.2. The van der Waals surface area contributed by atoms with Gasteiger partial charge < -0.3 is 19.5 Å². The SMILES string of the molecule is O=C(NCC#CCOc1ccc2c(c1)OCO2)C1CCCC1. The van der Waals surface area contributed by atoms with E-state index in [9.17, 15) is 4.79 Å². The van der Waals surface area contributed by atoms with Crippen LogP contribution in [-0.2, 0) is 4.79 Å². The first-order valence-corrected chi connectivity index (χ1v) is 7.59. The average molecular weight is 301 g/mol. The van der Waals surface area contributed by atoms with Crippen LogP contribution in [0, 0.1) is 17.8 Å². The predicted molar refractivity (Wildman–Crippen MR) is 80.8 cm³/mol. The third-order valence-corrected chi connectivity index (χ3v) is 3.86. The van der Waals surface area contributed by atoms with E-state index in [1.54, 1.807) is 6.07 Å².